The molecular formula is C16H13FO3. The van der Waals surface area contributed by atoms with Crippen molar-refractivity contribution >= 4 is 0 Å². The van der Waals surface area contributed by atoms with Crippen LogP contribution in [0.5, 0.6) is 11.5 Å². The van der Waals surface area contributed by atoms with Gasteiger partial charge < -0.3 is 14.9 Å². The second kappa shape index (κ2) is 6.60. The van der Waals surface area contributed by atoms with E-state index in [0.717, 1.165) is 5.56 Å². The van der Waals surface area contributed by atoms with E-state index in [1.54, 1.807) is 30.3 Å². The summed E-state index contributed by atoms with van der Waals surface area (Å²) in [7, 11) is 0. The highest BCUT2D eigenvalue weighted by Crippen LogP contribution is 2.18. The highest BCUT2D eigenvalue weighted by molar-refractivity contribution is 5.40. The van der Waals surface area contributed by atoms with Crippen LogP contribution < -0.4 is 4.74 Å². The van der Waals surface area contributed by atoms with Gasteiger partial charge in [0, 0.05) is 6.07 Å². The third kappa shape index (κ3) is 3.74. The Hall–Kier alpha value is -2.51. The summed E-state index contributed by atoms with van der Waals surface area (Å²) in [6.07, 6.45) is 0. The molecule has 0 heterocycles. The van der Waals surface area contributed by atoms with Crippen LogP contribution in [0.1, 0.15) is 11.1 Å². The van der Waals surface area contributed by atoms with Crippen molar-refractivity contribution in [3.63, 3.8) is 0 Å². The van der Waals surface area contributed by atoms with E-state index in [1.165, 1.54) is 12.1 Å². The standard InChI is InChI=1S/C16H13FO3/c17-16-10-15(7-6-13(16)4-2-8-18)20-11-12-3-1-5-14(19)9-12/h1,3,5-7,9-10,18-19H,8,11H2. The molecule has 0 aliphatic carbocycles. The van der Waals surface area contributed by atoms with Gasteiger partial charge in [-0.05, 0) is 29.8 Å². The Kier molecular flexibility index (Phi) is 4.59. The number of hydrogen-bond donors (Lipinski definition) is 2. The first-order valence-electron chi connectivity index (χ1n) is 5.99. The summed E-state index contributed by atoms with van der Waals surface area (Å²) in [5, 5.41) is 17.9. The molecule has 0 spiro atoms. The number of hydrogen-bond acceptors (Lipinski definition) is 3. The van der Waals surface area contributed by atoms with Gasteiger partial charge in [0.15, 0.2) is 0 Å². The maximum Gasteiger partial charge on any atom is 0.142 e. The van der Waals surface area contributed by atoms with Gasteiger partial charge in [0.2, 0.25) is 0 Å². The van der Waals surface area contributed by atoms with Gasteiger partial charge in [0.1, 0.15) is 30.5 Å². The highest BCUT2D eigenvalue weighted by atomic mass is 19.1. The molecule has 2 aromatic carbocycles. The maximum atomic E-state index is 13.7. The molecule has 0 radical (unpaired) electrons. The molecule has 0 saturated heterocycles. The molecule has 0 aliphatic heterocycles. The predicted molar refractivity (Wildman–Crippen MR) is 72.8 cm³/mol. The lowest BCUT2D eigenvalue weighted by Gasteiger charge is -2.07. The zero-order valence-corrected chi connectivity index (χ0v) is 10.6. The van der Waals surface area contributed by atoms with Gasteiger partial charge in [-0.2, -0.15) is 0 Å². The van der Waals surface area contributed by atoms with Crippen molar-refractivity contribution in [2.24, 2.45) is 0 Å². The number of rotatable bonds is 3. The molecule has 0 aromatic heterocycles. The third-order valence-electron chi connectivity index (χ3n) is 2.56. The number of aromatic hydroxyl groups is 1. The second-order valence-corrected chi connectivity index (χ2v) is 4.06. The van der Waals surface area contributed by atoms with Crippen molar-refractivity contribution in [1.29, 1.82) is 0 Å². The van der Waals surface area contributed by atoms with Gasteiger partial charge in [0.25, 0.3) is 0 Å². The van der Waals surface area contributed by atoms with Crippen LogP contribution in [0, 0.1) is 17.7 Å². The third-order valence-corrected chi connectivity index (χ3v) is 2.56. The van der Waals surface area contributed by atoms with Crippen LogP contribution in [0.4, 0.5) is 4.39 Å². The second-order valence-electron chi connectivity index (χ2n) is 4.06. The largest absolute Gasteiger partial charge is 0.508 e. The van der Waals surface area contributed by atoms with Crippen molar-refractivity contribution in [3.8, 4) is 23.3 Å². The van der Waals surface area contributed by atoms with Crippen molar-refractivity contribution in [1.82, 2.24) is 0 Å². The lowest BCUT2D eigenvalue weighted by molar-refractivity contribution is 0.304. The molecule has 0 fully saturated rings. The van der Waals surface area contributed by atoms with E-state index in [-0.39, 0.29) is 24.5 Å². The van der Waals surface area contributed by atoms with E-state index in [9.17, 15) is 9.50 Å². The Bertz CT molecular complexity index is 656. The summed E-state index contributed by atoms with van der Waals surface area (Å²) in [5.74, 6) is 4.93. The predicted octanol–water partition coefficient (Wildman–Crippen LogP) is 2.45. The Balaban J connectivity index is 2.05. The van der Waals surface area contributed by atoms with Crippen LogP contribution >= 0.6 is 0 Å². The number of aliphatic hydroxyl groups excluding tert-OH is 1. The highest BCUT2D eigenvalue weighted by Gasteiger charge is 2.03. The van der Waals surface area contributed by atoms with Crippen molar-refractivity contribution in [2.75, 3.05) is 6.61 Å². The molecule has 20 heavy (non-hydrogen) atoms. The van der Waals surface area contributed by atoms with E-state index < -0.39 is 5.82 Å². The van der Waals surface area contributed by atoms with Crippen molar-refractivity contribution in [2.45, 2.75) is 6.61 Å². The molecule has 2 aromatic rings. The SMILES string of the molecule is OCC#Cc1ccc(OCc2cccc(O)c2)cc1F. The molecule has 0 aliphatic rings. The van der Waals surface area contributed by atoms with Gasteiger partial charge in [-0.25, -0.2) is 4.39 Å². The first-order chi connectivity index (χ1) is 9.69. The minimum Gasteiger partial charge on any atom is -0.508 e. The molecule has 0 amide bonds. The zero-order chi connectivity index (χ0) is 14.4. The number of halogens is 1. The molecule has 0 bridgehead atoms. The quantitative estimate of drug-likeness (QED) is 0.844. The molecule has 4 heteroatoms. The van der Waals surface area contributed by atoms with Gasteiger partial charge in [-0.3, -0.25) is 0 Å². The van der Waals surface area contributed by atoms with Crippen molar-refractivity contribution < 1.29 is 19.3 Å². The molecular weight excluding hydrogens is 259 g/mol. The Morgan fingerprint density at radius 3 is 2.70 bits per heavy atom. The number of ether oxygens (including phenoxy) is 1. The summed E-state index contributed by atoms with van der Waals surface area (Å²) in [6.45, 7) is -0.0787. The molecule has 2 rings (SSSR count). The number of aliphatic hydroxyl groups is 1. The molecule has 102 valence electrons. The Labute approximate surface area is 116 Å². The summed E-state index contributed by atoms with van der Waals surface area (Å²) >= 11 is 0. The van der Waals surface area contributed by atoms with E-state index in [2.05, 4.69) is 11.8 Å². The minimum absolute atomic E-state index is 0.159. The smallest absolute Gasteiger partial charge is 0.142 e. The molecule has 0 saturated carbocycles. The fourth-order valence-corrected chi connectivity index (χ4v) is 1.63. The monoisotopic (exact) mass is 272 g/mol. The normalized spacial score (nSPS) is 9.70. The van der Waals surface area contributed by atoms with Crippen LogP contribution in [0.15, 0.2) is 42.5 Å². The average molecular weight is 272 g/mol. The fraction of sp³-hybridized carbons (Fsp3) is 0.125. The minimum atomic E-state index is -0.501. The number of phenols is 1. The van der Waals surface area contributed by atoms with Gasteiger partial charge in [-0.15, -0.1) is 0 Å². The fourth-order valence-electron chi connectivity index (χ4n) is 1.63. The topological polar surface area (TPSA) is 49.7 Å². The lowest BCUT2D eigenvalue weighted by Crippen LogP contribution is -1.96. The number of phenolic OH excluding ortho intramolecular Hbond substituents is 1. The summed E-state index contributed by atoms with van der Waals surface area (Å²) in [4.78, 5) is 0. The van der Waals surface area contributed by atoms with Gasteiger partial charge in [-0.1, -0.05) is 24.0 Å². The van der Waals surface area contributed by atoms with Gasteiger partial charge in [0.05, 0.1) is 5.56 Å². The van der Waals surface area contributed by atoms with E-state index in [1.807, 2.05) is 0 Å². The average Bonchev–Trinajstić information content (AvgIpc) is 2.44. The van der Waals surface area contributed by atoms with Crippen LogP contribution in [0.2, 0.25) is 0 Å². The summed E-state index contributed by atoms with van der Waals surface area (Å²) < 4.78 is 19.1. The summed E-state index contributed by atoms with van der Waals surface area (Å²) in [6, 6.07) is 11.0. The zero-order valence-electron chi connectivity index (χ0n) is 10.6. The maximum absolute atomic E-state index is 13.7. The lowest BCUT2D eigenvalue weighted by atomic mass is 10.2. The molecule has 0 atom stereocenters. The van der Waals surface area contributed by atoms with Crippen molar-refractivity contribution in [3.05, 3.63) is 59.4 Å². The molecule has 0 unspecified atom stereocenters. The Morgan fingerprint density at radius 2 is 2.00 bits per heavy atom. The van der Waals surface area contributed by atoms with Crippen LogP contribution in [0.3, 0.4) is 0 Å². The number of benzene rings is 2. The molecule has 3 nitrogen and oxygen atoms in total. The van der Waals surface area contributed by atoms with Crippen LogP contribution in [0.25, 0.3) is 0 Å². The summed E-state index contributed by atoms with van der Waals surface area (Å²) in [5.41, 5.74) is 0.998. The van der Waals surface area contributed by atoms with Crippen LogP contribution in [-0.4, -0.2) is 16.8 Å². The first kappa shape index (κ1) is 13.9. The first-order valence-corrected chi connectivity index (χ1v) is 5.99. The van der Waals surface area contributed by atoms with Gasteiger partial charge >= 0.3 is 0 Å². The molecule has 2 N–H and O–H groups in total. The Morgan fingerprint density at radius 1 is 1.15 bits per heavy atom. The van der Waals surface area contributed by atoms with Crippen LogP contribution in [-0.2, 0) is 6.61 Å². The van der Waals surface area contributed by atoms with E-state index in [0.29, 0.717) is 5.75 Å². The van der Waals surface area contributed by atoms with E-state index in [4.69, 9.17) is 9.84 Å². The van der Waals surface area contributed by atoms with E-state index >= 15 is 0 Å².